The van der Waals surface area contributed by atoms with Crippen molar-refractivity contribution in [1.82, 2.24) is 9.55 Å². The quantitative estimate of drug-likeness (QED) is 0.0843. The summed E-state index contributed by atoms with van der Waals surface area (Å²) in [5.74, 6) is 0.318. The molecule has 0 aliphatic heterocycles. The fourth-order valence-electron chi connectivity index (χ4n) is 9.20. The van der Waals surface area contributed by atoms with Gasteiger partial charge in [-0.05, 0) is 82.3 Å². The fraction of sp³-hybridized carbons (Fsp3) is 0.0159. The maximum Gasteiger partial charge on any atom is 0.180 e. The third-order valence-corrected chi connectivity index (χ3v) is 12.6. The average Bonchev–Trinajstić information content (AvgIpc) is 3.92. The minimum Gasteiger partial charge on any atom is -0.456 e. The topological polar surface area (TPSA) is 79.5 Å². The Morgan fingerprint density at radius 2 is 1.17 bits per heavy atom. The predicted molar refractivity (Wildman–Crippen MR) is 288 cm³/mol. The van der Waals surface area contributed by atoms with Crippen LogP contribution in [-0.2, 0) is 0 Å². The maximum atomic E-state index is 9.86. The van der Waals surface area contributed by atoms with Gasteiger partial charge in [-0.25, -0.2) is 9.98 Å². The van der Waals surface area contributed by atoms with Gasteiger partial charge in [0.15, 0.2) is 11.7 Å². The summed E-state index contributed by atoms with van der Waals surface area (Å²) in [4.78, 5) is 14.8. The van der Waals surface area contributed by atoms with Gasteiger partial charge in [0.2, 0.25) is 0 Å². The molecule has 11 rings (SSSR count). The van der Waals surface area contributed by atoms with Crippen LogP contribution in [0.1, 0.15) is 33.6 Å². The Balaban J connectivity index is 1.15. The molecule has 0 spiro atoms. The van der Waals surface area contributed by atoms with Gasteiger partial charge in [-0.1, -0.05) is 189 Å². The van der Waals surface area contributed by atoms with Gasteiger partial charge in [0, 0.05) is 62.6 Å². The molecule has 0 bridgehead atoms. The minimum absolute atomic E-state index is 0.0336. The Kier molecular flexibility index (Phi) is 11.4. The monoisotopic (exact) mass is 887 g/mol. The predicted octanol–water partition coefficient (Wildman–Crippen LogP) is 15.9. The van der Waals surface area contributed by atoms with E-state index in [1.807, 2.05) is 84.9 Å². The summed E-state index contributed by atoms with van der Waals surface area (Å²) in [5, 5.41) is 12.9. The molecule has 328 valence electrons. The SMILES string of the molecule is C=C/C(=C\c1c(C)n(-c2c(-c3ccccc3)cc(C(=N)N=C(N=Cc3ccccc3)c3cc4oc5ccccc5c4cn3)cc2-c2ccccc2)c2ccc(-c3ccccc3)cc12)c1ccccc1. The normalized spacial score (nSPS) is 12.1. The van der Waals surface area contributed by atoms with Crippen molar-refractivity contribution in [3.8, 4) is 39.1 Å². The number of amidine groups is 2. The molecule has 0 radical (unpaired) electrons. The van der Waals surface area contributed by atoms with Gasteiger partial charge in [0.05, 0.1) is 11.2 Å². The van der Waals surface area contributed by atoms with Crippen LogP contribution in [0.15, 0.2) is 246 Å². The molecular formula is C63H45N5O. The Labute approximate surface area is 400 Å². The number of aromatic nitrogens is 2. The van der Waals surface area contributed by atoms with Crippen LogP contribution in [0.25, 0.3) is 83.6 Å². The number of aliphatic imine (C=N–C) groups is 2. The number of para-hydroxylation sites is 1. The van der Waals surface area contributed by atoms with E-state index in [9.17, 15) is 5.41 Å². The van der Waals surface area contributed by atoms with Gasteiger partial charge < -0.3 is 8.98 Å². The van der Waals surface area contributed by atoms with E-state index in [0.29, 0.717) is 16.8 Å². The molecule has 0 aliphatic rings. The number of allylic oxidation sites excluding steroid dienone is 2. The van der Waals surface area contributed by atoms with E-state index < -0.39 is 0 Å². The number of nitrogens with one attached hydrogen (secondary N) is 1. The van der Waals surface area contributed by atoms with Gasteiger partial charge in [-0.3, -0.25) is 10.4 Å². The van der Waals surface area contributed by atoms with E-state index >= 15 is 0 Å². The van der Waals surface area contributed by atoms with Crippen molar-refractivity contribution in [2.24, 2.45) is 9.98 Å². The standard InChI is InChI=1S/C63H45N5O/c1-3-44(45-23-11-5-12-24-45)35-52-42(2)68(58-34-33-49(36-55(52)58)46-25-13-6-14-26-46)61-53(47-27-15-7-16-28-47)37-50(38-54(61)48-29-17-8-18-30-48)62(64)67-63(66-40-43-21-9-4-10-22-43)57-39-60-56(41-65-57)51-31-19-20-32-59(51)69-60/h3-41,64H,1H2,2H3/b44-35+,64-62?,66-40?,67-63?. The summed E-state index contributed by atoms with van der Waals surface area (Å²) in [6.45, 7) is 6.47. The van der Waals surface area contributed by atoms with Crippen molar-refractivity contribution in [2.45, 2.75) is 6.92 Å². The van der Waals surface area contributed by atoms with Crippen molar-refractivity contribution in [2.75, 3.05) is 0 Å². The van der Waals surface area contributed by atoms with E-state index in [4.69, 9.17) is 19.4 Å². The Morgan fingerprint density at radius 3 is 1.83 bits per heavy atom. The molecule has 6 heteroatoms. The Hall–Kier alpha value is -9.26. The highest BCUT2D eigenvalue weighted by atomic mass is 16.3. The molecule has 0 unspecified atom stereocenters. The molecule has 69 heavy (non-hydrogen) atoms. The second kappa shape index (κ2) is 18.6. The van der Waals surface area contributed by atoms with Gasteiger partial charge in [0.25, 0.3) is 0 Å². The van der Waals surface area contributed by atoms with Crippen LogP contribution >= 0.6 is 0 Å². The summed E-state index contributed by atoms with van der Waals surface area (Å²) in [6, 6.07) is 72.4. The lowest BCUT2D eigenvalue weighted by molar-refractivity contribution is 0.668. The lowest BCUT2D eigenvalue weighted by atomic mass is 9.92. The molecule has 8 aromatic carbocycles. The fourth-order valence-corrected chi connectivity index (χ4v) is 9.20. The van der Waals surface area contributed by atoms with Crippen LogP contribution in [0.2, 0.25) is 0 Å². The average molecular weight is 888 g/mol. The highest BCUT2D eigenvalue weighted by molar-refractivity contribution is 6.15. The van der Waals surface area contributed by atoms with E-state index in [2.05, 4.69) is 158 Å². The third kappa shape index (κ3) is 8.32. The molecule has 6 nitrogen and oxygen atoms in total. The third-order valence-electron chi connectivity index (χ3n) is 12.6. The first-order chi connectivity index (χ1) is 34.0. The number of hydrogen-bond donors (Lipinski definition) is 1. The number of rotatable bonds is 10. The zero-order chi connectivity index (χ0) is 46.7. The number of furan rings is 1. The summed E-state index contributed by atoms with van der Waals surface area (Å²) in [5.41, 5.74) is 15.9. The van der Waals surface area contributed by atoms with Crippen molar-refractivity contribution >= 4 is 62.4 Å². The van der Waals surface area contributed by atoms with Crippen LogP contribution in [0.3, 0.4) is 0 Å². The molecule has 0 saturated carbocycles. The van der Waals surface area contributed by atoms with E-state index in [1.54, 1.807) is 12.4 Å². The summed E-state index contributed by atoms with van der Waals surface area (Å²) >= 11 is 0. The molecule has 3 aromatic heterocycles. The van der Waals surface area contributed by atoms with Crippen LogP contribution < -0.4 is 0 Å². The molecule has 0 amide bonds. The molecule has 0 aliphatic carbocycles. The zero-order valence-electron chi connectivity index (χ0n) is 37.9. The van der Waals surface area contributed by atoms with Gasteiger partial charge in [0.1, 0.15) is 16.9 Å². The van der Waals surface area contributed by atoms with E-state index in [0.717, 1.165) is 94.3 Å². The summed E-state index contributed by atoms with van der Waals surface area (Å²) < 4.78 is 8.68. The first-order valence-corrected chi connectivity index (χ1v) is 22.9. The Morgan fingerprint density at radius 1 is 0.580 bits per heavy atom. The first kappa shape index (κ1) is 42.4. The van der Waals surface area contributed by atoms with Crippen molar-refractivity contribution in [1.29, 1.82) is 5.41 Å². The molecule has 3 heterocycles. The highest BCUT2D eigenvalue weighted by Crippen LogP contribution is 2.43. The molecule has 1 N–H and O–H groups in total. The highest BCUT2D eigenvalue weighted by Gasteiger charge is 2.24. The largest absolute Gasteiger partial charge is 0.456 e. The van der Waals surface area contributed by atoms with Gasteiger partial charge in [-0.15, -0.1) is 0 Å². The van der Waals surface area contributed by atoms with Crippen LogP contribution in [-0.4, -0.2) is 27.4 Å². The van der Waals surface area contributed by atoms with E-state index in [1.165, 1.54) is 0 Å². The minimum atomic E-state index is 0.0336. The Bertz CT molecular complexity index is 3730. The maximum absolute atomic E-state index is 9.86. The van der Waals surface area contributed by atoms with Gasteiger partial charge in [-0.2, -0.15) is 0 Å². The molecule has 0 fully saturated rings. The van der Waals surface area contributed by atoms with E-state index in [-0.39, 0.29) is 11.7 Å². The molecule has 0 saturated heterocycles. The first-order valence-electron chi connectivity index (χ1n) is 22.9. The second-order valence-corrected chi connectivity index (χ2v) is 16.9. The lowest BCUT2D eigenvalue weighted by Crippen LogP contribution is -2.09. The van der Waals surface area contributed by atoms with Crippen molar-refractivity contribution < 1.29 is 4.42 Å². The van der Waals surface area contributed by atoms with Crippen molar-refractivity contribution in [3.05, 3.63) is 265 Å². The number of hydrogen-bond acceptors (Lipinski definition) is 3. The second-order valence-electron chi connectivity index (χ2n) is 16.9. The molecule has 0 atom stereocenters. The smallest absolute Gasteiger partial charge is 0.180 e. The van der Waals surface area contributed by atoms with Gasteiger partial charge >= 0.3 is 0 Å². The lowest BCUT2D eigenvalue weighted by Gasteiger charge is -2.21. The zero-order valence-corrected chi connectivity index (χ0v) is 37.9. The number of benzene rings is 8. The molecular weight excluding hydrogens is 843 g/mol. The molecule has 11 aromatic rings. The summed E-state index contributed by atoms with van der Waals surface area (Å²) in [7, 11) is 0. The van der Waals surface area contributed by atoms with Crippen LogP contribution in [0.5, 0.6) is 0 Å². The number of nitrogens with zero attached hydrogens (tertiary/aromatic N) is 4. The van der Waals surface area contributed by atoms with Crippen LogP contribution in [0, 0.1) is 12.3 Å². The number of fused-ring (bicyclic) bond motifs is 4. The van der Waals surface area contributed by atoms with Crippen molar-refractivity contribution in [3.63, 3.8) is 0 Å². The number of pyridine rings is 1. The summed E-state index contributed by atoms with van der Waals surface area (Å²) in [6.07, 6.45) is 7.77. The van der Waals surface area contributed by atoms with Crippen LogP contribution in [0.4, 0.5) is 0 Å².